The van der Waals surface area contributed by atoms with Crippen LogP contribution < -0.4 is 5.32 Å². The third kappa shape index (κ3) is 2.11. The molecular formula is C12H13N3OS. The van der Waals surface area contributed by atoms with E-state index in [1.54, 1.807) is 17.6 Å². The van der Waals surface area contributed by atoms with Crippen LogP contribution in [0, 0.1) is 0 Å². The number of aromatic nitrogens is 2. The van der Waals surface area contributed by atoms with Gasteiger partial charge < -0.3 is 9.73 Å². The normalized spacial score (nSPS) is 13.2. The number of nitrogens with one attached hydrogen (secondary N) is 1. The maximum absolute atomic E-state index is 5.34. The van der Waals surface area contributed by atoms with Gasteiger partial charge in [-0.2, -0.15) is 0 Å². The minimum Gasteiger partial charge on any atom is -0.468 e. The number of hydrogen-bond acceptors (Lipinski definition) is 4. The summed E-state index contributed by atoms with van der Waals surface area (Å²) in [5.74, 6) is 0.950. The van der Waals surface area contributed by atoms with Crippen molar-refractivity contribution in [2.45, 2.75) is 19.5 Å². The van der Waals surface area contributed by atoms with E-state index in [4.69, 9.17) is 4.42 Å². The molecule has 0 radical (unpaired) electrons. The first kappa shape index (κ1) is 10.6. The molecule has 0 spiro atoms. The molecular weight excluding hydrogens is 234 g/mol. The summed E-state index contributed by atoms with van der Waals surface area (Å²) in [6.45, 7) is 2.83. The Morgan fingerprint density at radius 2 is 2.53 bits per heavy atom. The predicted molar refractivity (Wildman–Crippen MR) is 67.0 cm³/mol. The van der Waals surface area contributed by atoms with Gasteiger partial charge in [-0.05, 0) is 19.1 Å². The van der Waals surface area contributed by atoms with Crippen LogP contribution in [0.15, 0.2) is 40.6 Å². The molecule has 3 aromatic heterocycles. The first-order chi connectivity index (χ1) is 8.33. The Morgan fingerprint density at radius 1 is 1.59 bits per heavy atom. The SMILES string of the molecule is C[C@@H](NCc1cn2ccsc2n1)c1ccco1. The Kier molecular flexibility index (Phi) is 2.70. The van der Waals surface area contributed by atoms with Gasteiger partial charge in [0, 0.05) is 24.3 Å². The molecule has 3 aromatic rings. The van der Waals surface area contributed by atoms with Crippen molar-refractivity contribution in [2.75, 3.05) is 0 Å². The van der Waals surface area contributed by atoms with Crippen LogP contribution in [-0.4, -0.2) is 9.38 Å². The lowest BCUT2D eigenvalue weighted by atomic mass is 10.2. The van der Waals surface area contributed by atoms with Gasteiger partial charge in [-0.15, -0.1) is 11.3 Å². The quantitative estimate of drug-likeness (QED) is 0.771. The zero-order valence-electron chi connectivity index (χ0n) is 9.46. The number of imidazole rings is 1. The van der Waals surface area contributed by atoms with Gasteiger partial charge in [0.15, 0.2) is 4.96 Å². The average Bonchev–Trinajstić information content (AvgIpc) is 3.01. The van der Waals surface area contributed by atoms with Gasteiger partial charge in [-0.25, -0.2) is 4.98 Å². The largest absolute Gasteiger partial charge is 0.468 e. The maximum Gasteiger partial charge on any atom is 0.193 e. The van der Waals surface area contributed by atoms with Crippen molar-refractivity contribution in [3.8, 4) is 0 Å². The average molecular weight is 247 g/mol. The molecule has 3 rings (SSSR count). The Labute approximate surface area is 103 Å². The third-order valence-corrected chi connectivity index (χ3v) is 3.47. The zero-order chi connectivity index (χ0) is 11.7. The van der Waals surface area contributed by atoms with Crippen molar-refractivity contribution in [2.24, 2.45) is 0 Å². The van der Waals surface area contributed by atoms with Crippen molar-refractivity contribution >= 4 is 16.3 Å². The van der Waals surface area contributed by atoms with Gasteiger partial charge in [0.2, 0.25) is 0 Å². The summed E-state index contributed by atoms with van der Waals surface area (Å²) < 4.78 is 7.38. The molecule has 0 aliphatic carbocycles. The second-order valence-electron chi connectivity index (χ2n) is 3.94. The van der Waals surface area contributed by atoms with E-state index in [0.717, 1.165) is 23.0 Å². The molecule has 0 aliphatic rings. The van der Waals surface area contributed by atoms with E-state index in [2.05, 4.69) is 17.2 Å². The molecule has 0 saturated carbocycles. The molecule has 0 bridgehead atoms. The topological polar surface area (TPSA) is 42.5 Å². The van der Waals surface area contributed by atoms with Crippen LogP contribution in [0.25, 0.3) is 4.96 Å². The highest BCUT2D eigenvalue weighted by Crippen LogP contribution is 2.14. The summed E-state index contributed by atoms with van der Waals surface area (Å²) in [7, 11) is 0. The van der Waals surface area contributed by atoms with Crippen molar-refractivity contribution in [3.63, 3.8) is 0 Å². The van der Waals surface area contributed by atoms with E-state index in [0.29, 0.717) is 0 Å². The molecule has 0 unspecified atom stereocenters. The molecule has 1 N–H and O–H groups in total. The highest BCUT2D eigenvalue weighted by molar-refractivity contribution is 7.15. The zero-order valence-corrected chi connectivity index (χ0v) is 10.3. The van der Waals surface area contributed by atoms with Crippen LogP contribution in [0.3, 0.4) is 0 Å². The molecule has 0 aliphatic heterocycles. The molecule has 0 aromatic carbocycles. The van der Waals surface area contributed by atoms with E-state index < -0.39 is 0 Å². The van der Waals surface area contributed by atoms with Crippen LogP contribution in [0.2, 0.25) is 0 Å². The summed E-state index contributed by atoms with van der Waals surface area (Å²) in [6, 6.07) is 4.08. The first-order valence-corrected chi connectivity index (χ1v) is 6.39. The number of nitrogens with zero attached hydrogens (tertiary/aromatic N) is 2. The minimum atomic E-state index is 0.199. The van der Waals surface area contributed by atoms with Gasteiger partial charge in [0.05, 0.1) is 18.0 Å². The monoisotopic (exact) mass is 247 g/mol. The summed E-state index contributed by atoms with van der Waals surface area (Å²) in [5, 5.41) is 5.42. The molecule has 1 atom stereocenters. The van der Waals surface area contributed by atoms with Crippen molar-refractivity contribution in [3.05, 3.63) is 47.6 Å². The fourth-order valence-electron chi connectivity index (χ4n) is 1.76. The Hall–Kier alpha value is -1.59. The van der Waals surface area contributed by atoms with Crippen LogP contribution in [0.4, 0.5) is 0 Å². The fraction of sp³-hybridized carbons (Fsp3) is 0.250. The number of thiazole rings is 1. The molecule has 0 fully saturated rings. The smallest absolute Gasteiger partial charge is 0.193 e. The molecule has 88 valence electrons. The standard InChI is InChI=1S/C12H13N3OS/c1-9(11-3-2-5-16-11)13-7-10-8-15-4-6-17-12(15)14-10/h2-6,8-9,13H,7H2,1H3/t9-/m1/s1. The maximum atomic E-state index is 5.34. The van der Waals surface area contributed by atoms with Crippen molar-refractivity contribution in [1.29, 1.82) is 0 Å². The van der Waals surface area contributed by atoms with Crippen LogP contribution in [0.5, 0.6) is 0 Å². The molecule has 17 heavy (non-hydrogen) atoms. The van der Waals surface area contributed by atoms with Gasteiger partial charge in [0.25, 0.3) is 0 Å². The number of rotatable bonds is 4. The number of hydrogen-bond donors (Lipinski definition) is 1. The van der Waals surface area contributed by atoms with E-state index in [-0.39, 0.29) is 6.04 Å². The third-order valence-electron chi connectivity index (χ3n) is 2.70. The highest BCUT2D eigenvalue weighted by Gasteiger charge is 2.08. The van der Waals surface area contributed by atoms with Crippen LogP contribution >= 0.6 is 11.3 Å². The summed E-state index contributed by atoms with van der Waals surface area (Å²) in [6.07, 6.45) is 5.76. The molecule has 0 amide bonds. The van der Waals surface area contributed by atoms with E-state index >= 15 is 0 Å². The summed E-state index contributed by atoms with van der Waals surface area (Å²) in [4.78, 5) is 5.55. The van der Waals surface area contributed by atoms with E-state index in [1.807, 2.05) is 34.3 Å². The number of fused-ring (bicyclic) bond motifs is 1. The van der Waals surface area contributed by atoms with Gasteiger partial charge in [-0.3, -0.25) is 4.40 Å². The Bertz CT molecular complexity index is 568. The van der Waals surface area contributed by atoms with Gasteiger partial charge >= 0.3 is 0 Å². The Balaban J connectivity index is 1.66. The Morgan fingerprint density at radius 3 is 3.29 bits per heavy atom. The number of furan rings is 1. The second-order valence-corrected chi connectivity index (χ2v) is 4.82. The molecule has 5 heteroatoms. The van der Waals surface area contributed by atoms with Gasteiger partial charge in [-0.1, -0.05) is 0 Å². The second kappa shape index (κ2) is 4.35. The van der Waals surface area contributed by atoms with E-state index in [1.165, 1.54) is 0 Å². The highest BCUT2D eigenvalue weighted by atomic mass is 32.1. The molecule has 3 heterocycles. The lowest BCUT2D eigenvalue weighted by Crippen LogP contribution is -2.17. The summed E-state index contributed by atoms with van der Waals surface area (Å²) in [5.41, 5.74) is 1.05. The van der Waals surface area contributed by atoms with E-state index in [9.17, 15) is 0 Å². The first-order valence-electron chi connectivity index (χ1n) is 5.51. The van der Waals surface area contributed by atoms with Crippen LogP contribution in [0.1, 0.15) is 24.4 Å². The minimum absolute atomic E-state index is 0.199. The molecule has 0 saturated heterocycles. The molecule has 4 nitrogen and oxygen atoms in total. The van der Waals surface area contributed by atoms with Crippen molar-refractivity contribution in [1.82, 2.24) is 14.7 Å². The van der Waals surface area contributed by atoms with Crippen molar-refractivity contribution < 1.29 is 4.42 Å². The van der Waals surface area contributed by atoms with Gasteiger partial charge in [0.1, 0.15) is 5.76 Å². The lowest BCUT2D eigenvalue weighted by Gasteiger charge is -2.09. The predicted octanol–water partition coefficient (Wildman–Crippen LogP) is 2.84. The van der Waals surface area contributed by atoms with Crippen LogP contribution in [-0.2, 0) is 6.54 Å². The fourth-order valence-corrected chi connectivity index (χ4v) is 2.48. The lowest BCUT2D eigenvalue weighted by molar-refractivity contribution is 0.429. The summed E-state index contributed by atoms with van der Waals surface area (Å²) >= 11 is 1.65.